The average Bonchev–Trinajstić information content (AvgIpc) is 2.73. The second-order valence-corrected chi connectivity index (χ2v) is 4.82. The van der Waals surface area contributed by atoms with Crippen molar-refractivity contribution in [3.05, 3.63) is 17.7 Å². The minimum absolute atomic E-state index is 0.550. The van der Waals surface area contributed by atoms with Crippen molar-refractivity contribution in [2.45, 2.75) is 33.2 Å². The van der Waals surface area contributed by atoms with E-state index >= 15 is 0 Å². The van der Waals surface area contributed by atoms with E-state index < -0.39 is 0 Å². The van der Waals surface area contributed by atoms with E-state index in [-0.39, 0.29) is 0 Å². The highest BCUT2D eigenvalue weighted by Gasteiger charge is 2.05. The van der Waals surface area contributed by atoms with Gasteiger partial charge in [0.2, 0.25) is 0 Å². The molecule has 0 atom stereocenters. The number of hydrogen-bond acceptors (Lipinski definition) is 4. The molecule has 0 fully saturated rings. The number of methoxy groups -OCH3 is 1. The molecule has 0 aliphatic rings. The second-order valence-electron chi connectivity index (χ2n) is 4.82. The predicted octanol–water partition coefficient (Wildman–Crippen LogP) is 1.70. The highest BCUT2D eigenvalue weighted by atomic mass is 16.5. The Hall–Kier alpha value is -1.20. The highest BCUT2D eigenvalue weighted by molar-refractivity contribution is 5.45. The van der Waals surface area contributed by atoms with E-state index in [9.17, 15) is 0 Å². The zero-order chi connectivity index (χ0) is 13.4. The first kappa shape index (κ1) is 14.9. The summed E-state index contributed by atoms with van der Waals surface area (Å²) in [5.74, 6) is 1.45. The average molecular weight is 252 g/mol. The standard InChI is InChI=1S/C13H24N4O/c1-11(2)8-17-13(15-10-16-17)7-12(9-18-3)5-4-6-14/h7,10-11H,4-6,8-9,14H2,1-3H3. The summed E-state index contributed by atoms with van der Waals surface area (Å²) in [7, 11) is 1.70. The van der Waals surface area contributed by atoms with Crippen molar-refractivity contribution in [1.82, 2.24) is 14.8 Å². The molecule has 2 N–H and O–H groups in total. The maximum absolute atomic E-state index is 5.54. The fourth-order valence-corrected chi connectivity index (χ4v) is 1.75. The second kappa shape index (κ2) is 8.00. The lowest BCUT2D eigenvalue weighted by molar-refractivity contribution is 0.223. The molecule has 0 aliphatic carbocycles. The molecule has 1 heterocycles. The van der Waals surface area contributed by atoms with E-state index in [1.165, 1.54) is 5.57 Å². The summed E-state index contributed by atoms with van der Waals surface area (Å²) in [6.07, 6.45) is 5.57. The van der Waals surface area contributed by atoms with Crippen LogP contribution in [0.15, 0.2) is 11.9 Å². The third-order valence-electron chi connectivity index (χ3n) is 2.55. The third kappa shape index (κ3) is 4.98. The molecule has 0 saturated heterocycles. The van der Waals surface area contributed by atoms with Crippen molar-refractivity contribution in [2.75, 3.05) is 20.3 Å². The quantitative estimate of drug-likeness (QED) is 0.764. The van der Waals surface area contributed by atoms with Crippen LogP contribution < -0.4 is 5.73 Å². The number of rotatable bonds is 8. The summed E-state index contributed by atoms with van der Waals surface area (Å²) in [4.78, 5) is 4.29. The summed E-state index contributed by atoms with van der Waals surface area (Å²) in [6, 6.07) is 0. The highest BCUT2D eigenvalue weighted by Crippen LogP contribution is 2.11. The lowest BCUT2D eigenvalue weighted by Crippen LogP contribution is -2.09. The summed E-state index contributed by atoms with van der Waals surface area (Å²) >= 11 is 0. The van der Waals surface area contributed by atoms with Gasteiger partial charge >= 0.3 is 0 Å². The van der Waals surface area contributed by atoms with Crippen molar-refractivity contribution in [3.8, 4) is 0 Å². The molecule has 0 unspecified atom stereocenters. The fourth-order valence-electron chi connectivity index (χ4n) is 1.75. The molecule has 0 radical (unpaired) electrons. The van der Waals surface area contributed by atoms with Crippen LogP contribution in [0.25, 0.3) is 6.08 Å². The van der Waals surface area contributed by atoms with Gasteiger partial charge in [0.15, 0.2) is 5.82 Å². The molecule has 1 aromatic rings. The lowest BCUT2D eigenvalue weighted by Gasteiger charge is -2.08. The van der Waals surface area contributed by atoms with Gasteiger partial charge in [0, 0.05) is 13.7 Å². The number of ether oxygens (including phenoxy) is 1. The Morgan fingerprint density at radius 2 is 2.33 bits per heavy atom. The van der Waals surface area contributed by atoms with Crippen LogP contribution in [0.4, 0.5) is 0 Å². The Kier molecular flexibility index (Phi) is 6.60. The Labute approximate surface area is 109 Å². The Morgan fingerprint density at radius 3 is 2.94 bits per heavy atom. The van der Waals surface area contributed by atoms with Crippen LogP contribution >= 0.6 is 0 Å². The SMILES string of the molecule is COCC(=Cc1ncnn1CC(C)C)CCCN. The molecule has 0 spiro atoms. The smallest absolute Gasteiger partial charge is 0.150 e. The Bertz CT molecular complexity index is 371. The van der Waals surface area contributed by atoms with Crippen LogP contribution in [0, 0.1) is 5.92 Å². The molecule has 0 aromatic carbocycles. The van der Waals surface area contributed by atoms with Gasteiger partial charge in [0.1, 0.15) is 6.33 Å². The van der Waals surface area contributed by atoms with Crippen LogP contribution in [-0.4, -0.2) is 35.0 Å². The maximum atomic E-state index is 5.54. The Morgan fingerprint density at radius 1 is 1.56 bits per heavy atom. The zero-order valence-electron chi connectivity index (χ0n) is 11.6. The van der Waals surface area contributed by atoms with Gasteiger partial charge in [-0.1, -0.05) is 13.8 Å². The molecule has 0 bridgehead atoms. The van der Waals surface area contributed by atoms with Crippen LogP contribution in [0.1, 0.15) is 32.5 Å². The molecule has 102 valence electrons. The summed E-state index contributed by atoms with van der Waals surface area (Å²) in [5.41, 5.74) is 6.75. The van der Waals surface area contributed by atoms with Crippen molar-refractivity contribution in [1.29, 1.82) is 0 Å². The molecule has 18 heavy (non-hydrogen) atoms. The first-order chi connectivity index (χ1) is 8.67. The molecule has 0 aliphatic heterocycles. The lowest BCUT2D eigenvalue weighted by atomic mass is 10.1. The molecule has 1 rings (SSSR count). The number of aromatic nitrogens is 3. The summed E-state index contributed by atoms with van der Waals surface area (Å²) in [5, 5.41) is 4.25. The van der Waals surface area contributed by atoms with Crippen LogP contribution in [0.2, 0.25) is 0 Å². The first-order valence-corrected chi connectivity index (χ1v) is 6.43. The molecule has 0 amide bonds. The van der Waals surface area contributed by atoms with Gasteiger partial charge in [-0.15, -0.1) is 0 Å². The molecular weight excluding hydrogens is 228 g/mol. The zero-order valence-corrected chi connectivity index (χ0v) is 11.6. The van der Waals surface area contributed by atoms with Gasteiger partial charge in [-0.25, -0.2) is 9.67 Å². The van der Waals surface area contributed by atoms with Crippen molar-refractivity contribution >= 4 is 6.08 Å². The molecular formula is C13H24N4O. The summed E-state index contributed by atoms with van der Waals surface area (Å²) < 4.78 is 7.14. The monoisotopic (exact) mass is 252 g/mol. The molecule has 0 saturated carbocycles. The summed E-state index contributed by atoms with van der Waals surface area (Å²) in [6.45, 7) is 6.52. The molecule has 5 heteroatoms. The first-order valence-electron chi connectivity index (χ1n) is 6.43. The third-order valence-corrected chi connectivity index (χ3v) is 2.55. The Balaban J connectivity index is 2.79. The van der Waals surface area contributed by atoms with Crippen LogP contribution in [0.5, 0.6) is 0 Å². The van der Waals surface area contributed by atoms with E-state index in [0.29, 0.717) is 19.1 Å². The minimum atomic E-state index is 0.550. The van der Waals surface area contributed by atoms with Crippen molar-refractivity contribution < 1.29 is 4.74 Å². The van der Waals surface area contributed by atoms with Crippen LogP contribution in [-0.2, 0) is 11.3 Å². The van der Waals surface area contributed by atoms with E-state index in [0.717, 1.165) is 25.2 Å². The van der Waals surface area contributed by atoms with E-state index in [2.05, 4.69) is 30.0 Å². The van der Waals surface area contributed by atoms with E-state index in [1.807, 2.05) is 4.68 Å². The maximum Gasteiger partial charge on any atom is 0.150 e. The largest absolute Gasteiger partial charge is 0.380 e. The van der Waals surface area contributed by atoms with Gasteiger partial charge in [0.25, 0.3) is 0 Å². The van der Waals surface area contributed by atoms with E-state index in [1.54, 1.807) is 13.4 Å². The fraction of sp³-hybridized carbons (Fsp3) is 0.692. The van der Waals surface area contributed by atoms with Gasteiger partial charge in [0.05, 0.1) is 6.61 Å². The van der Waals surface area contributed by atoms with Crippen LogP contribution in [0.3, 0.4) is 0 Å². The van der Waals surface area contributed by atoms with Gasteiger partial charge in [-0.2, -0.15) is 5.10 Å². The number of nitrogens with two attached hydrogens (primary N) is 1. The minimum Gasteiger partial charge on any atom is -0.380 e. The van der Waals surface area contributed by atoms with Gasteiger partial charge < -0.3 is 10.5 Å². The predicted molar refractivity (Wildman–Crippen MR) is 73.0 cm³/mol. The number of hydrogen-bond donors (Lipinski definition) is 1. The number of nitrogens with zero attached hydrogens (tertiary/aromatic N) is 3. The van der Waals surface area contributed by atoms with Gasteiger partial charge in [-0.05, 0) is 37.0 Å². The topological polar surface area (TPSA) is 66.0 Å². The molecule has 5 nitrogen and oxygen atoms in total. The van der Waals surface area contributed by atoms with Crippen molar-refractivity contribution in [2.24, 2.45) is 11.7 Å². The molecule has 1 aromatic heterocycles. The van der Waals surface area contributed by atoms with E-state index in [4.69, 9.17) is 10.5 Å². The normalized spacial score (nSPS) is 12.4. The van der Waals surface area contributed by atoms with Crippen molar-refractivity contribution in [3.63, 3.8) is 0 Å². The van der Waals surface area contributed by atoms with Gasteiger partial charge in [-0.3, -0.25) is 0 Å².